The average Bonchev–Trinajstić information content (AvgIpc) is 2.82. The summed E-state index contributed by atoms with van der Waals surface area (Å²) >= 11 is 0.980. The van der Waals surface area contributed by atoms with Gasteiger partial charge in [0.25, 0.3) is 0 Å². The van der Waals surface area contributed by atoms with E-state index in [1.807, 2.05) is 6.07 Å². The fraction of sp³-hybridized carbons (Fsp3) is 0.391. The van der Waals surface area contributed by atoms with Gasteiger partial charge in [-0.2, -0.15) is 0 Å². The van der Waals surface area contributed by atoms with Gasteiger partial charge >= 0.3 is 6.80 Å². The Morgan fingerprint density at radius 2 is 1.47 bits per heavy atom. The van der Waals surface area contributed by atoms with Crippen molar-refractivity contribution in [2.24, 2.45) is 0 Å². The van der Waals surface area contributed by atoms with Gasteiger partial charge in [0.15, 0.2) is 0 Å². The number of ether oxygens (including phenoxy) is 4. The molecule has 0 spiro atoms. The third-order valence-electron chi connectivity index (χ3n) is 4.46. The van der Waals surface area contributed by atoms with Crippen molar-refractivity contribution < 1.29 is 36.8 Å². The maximum absolute atomic E-state index is 13.0. The molecule has 0 aliphatic carbocycles. The van der Waals surface area contributed by atoms with Crippen LogP contribution >= 0.6 is 18.2 Å². The van der Waals surface area contributed by atoms with Gasteiger partial charge in [0.05, 0.1) is 68.7 Å². The third-order valence-corrected chi connectivity index (χ3v) is 9.30. The van der Waals surface area contributed by atoms with Crippen molar-refractivity contribution in [3.05, 3.63) is 46.9 Å². The fourth-order valence-corrected chi connectivity index (χ4v) is 7.45. The Hall–Kier alpha value is -1.97. The second kappa shape index (κ2) is 13.8. The van der Waals surface area contributed by atoms with Gasteiger partial charge in [0, 0.05) is 17.5 Å². The molecule has 8 nitrogen and oxygen atoms in total. The van der Waals surface area contributed by atoms with E-state index >= 15 is 0 Å². The smallest absolute Gasteiger partial charge is 0.393 e. The van der Waals surface area contributed by atoms with Crippen molar-refractivity contribution in [3.63, 3.8) is 0 Å². The van der Waals surface area contributed by atoms with Gasteiger partial charge in [-0.3, -0.25) is 4.21 Å². The number of hydrogen-bond acceptors (Lipinski definition) is 9. The molecule has 34 heavy (non-hydrogen) atoms. The number of benzene rings is 2. The largest absolute Gasteiger partial charge is 0.496 e. The molecule has 0 radical (unpaired) electrons. The normalized spacial score (nSPS) is 12.5. The Bertz CT molecular complexity index is 1020. The van der Waals surface area contributed by atoms with Crippen LogP contribution < -0.4 is 18.9 Å². The molecule has 0 aliphatic rings. The number of hydrogen-bond donors (Lipinski definition) is 0. The van der Waals surface area contributed by atoms with Crippen LogP contribution in [0.3, 0.4) is 0 Å². The van der Waals surface area contributed by atoms with Crippen molar-refractivity contribution in [1.29, 1.82) is 0 Å². The van der Waals surface area contributed by atoms with E-state index in [1.54, 1.807) is 70.9 Å². The molecule has 0 saturated heterocycles. The first-order valence-electron chi connectivity index (χ1n) is 10.4. The zero-order valence-electron chi connectivity index (χ0n) is 20.2. The van der Waals surface area contributed by atoms with Crippen LogP contribution in [-0.2, 0) is 30.2 Å². The van der Waals surface area contributed by atoms with E-state index < -0.39 is 17.6 Å². The molecule has 1 unspecified atom stereocenters. The summed E-state index contributed by atoms with van der Waals surface area (Å²) < 4.78 is 58.1. The molecule has 11 heteroatoms. The van der Waals surface area contributed by atoms with Gasteiger partial charge in [-0.25, -0.2) is 4.57 Å². The highest BCUT2D eigenvalue weighted by Crippen LogP contribution is 2.64. The molecule has 2 aromatic carbocycles. The molecule has 0 saturated carbocycles. The van der Waals surface area contributed by atoms with E-state index in [0.29, 0.717) is 33.5 Å². The average molecular weight is 531 g/mol. The molecule has 188 valence electrons. The molecule has 1 atom stereocenters. The lowest BCUT2D eigenvalue weighted by Gasteiger charge is -2.17. The van der Waals surface area contributed by atoms with E-state index in [1.165, 1.54) is 7.11 Å². The Morgan fingerprint density at radius 3 is 1.97 bits per heavy atom. The summed E-state index contributed by atoms with van der Waals surface area (Å²) in [4.78, 5) is 0.588. The van der Waals surface area contributed by atoms with Crippen LogP contribution in [-0.4, -0.2) is 45.9 Å². The van der Waals surface area contributed by atoms with Crippen LogP contribution in [0.1, 0.15) is 25.0 Å². The van der Waals surface area contributed by atoms with Gasteiger partial charge in [-0.15, -0.1) is 0 Å². The minimum absolute atomic E-state index is 0.239. The summed E-state index contributed by atoms with van der Waals surface area (Å²) in [7, 11) is 4.82. The summed E-state index contributed by atoms with van der Waals surface area (Å²) in [6, 6.07) is 8.81. The molecule has 0 amide bonds. The summed E-state index contributed by atoms with van der Waals surface area (Å²) in [5.41, 5.74) is 1.43. The minimum Gasteiger partial charge on any atom is -0.496 e. The van der Waals surface area contributed by atoms with E-state index in [-0.39, 0.29) is 19.0 Å². The standard InChI is InChI=1S/C23H31O8PS2/c1-7-30-32(24,31-8-2)33-23-13-17(9-10-20(23)27-4)16-34(25)12-11-19-21(28-5)14-18(26-3)15-22(19)29-6/h9-15H,7-8,16H2,1-6H3. The lowest BCUT2D eigenvalue weighted by atomic mass is 10.1. The molecule has 2 rings (SSSR count). The number of methoxy groups -OCH3 is 4. The van der Waals surface area contributed by atoms with Crippen LogP contribution in [0.25, 0.3) is 6.08 Å². The van der Waals surface area contributed by atoms with Crippen molar-refractivity contribution in [3.8, 4) is 23.0 Å². The Labute approximate surface area is 207 Å². The van der Waals surface area contributed by atoms with Crippen molar-refractivity contribution >= 4 is 35.1 Å². The summed E-state index contributed by atoms with van der Waals surface area (Å²) in [5.74, 6) is 2.43. The topological polar surface area (TPSA) is 89.5 Å². The van der Waals surface area contributed by atoms with E-state index in [9.17, 15) is 8.77 Å². The van der Waals surface area contributed by atoms with Crippen LogP contribution in [0.2, 0.25) is 0 Å². The molecule has 0 aliphatic heterocycles. The zero-order chi connectivity index (χ0) is 25.1. The Kier molecular flexibility index (Phi) is 11.5. The summed E-state index contributed by atoms with van der Waals surface area (Å²) in [6.45, 7) is 0.599. The van der Waals surface area contributed by atoms with Gasteiger partial charge in [-0.05, 0) is 49.0 Å². The molecule has 0 aromatic heterocycles. The van der Waals surface area contributed by atoms with Crippen molar-refractivity contribution in [2.45, 2.75) is 24.5 Å². The zero-order valence-corrected chi connectivity index (χ0v) is 22.7. The third kappa shape index (κ3) is 7.78. The predicted octanol–water partition coefficient (Wildman–Crippen LogP) is 5.91. The lowest BCUT2D eigenvalue weighted by Crippen LogP contribution is -1.97. The first-order chi connectivity index (χ1) is 16.3. The van der Waals surface area contributed by atoms with E-state index in [2.05, 4.69) is 0 Å². The second-order valence-electron chi connectivity index (χ2n) is 6.63. The number of rotatable bonds is 14. The van der Waals surface area contributed by atoms with Gasteiger partial charge in [0.2, 0.25) is 0 Å². The van der Waals surface area contributed by atoms with Gasteiger partial charge in [0.1, 0.15) is 23.0 Å². The van der Waals surface area contributed by atoms with Gasteiger partial charge in [-0.1, -0.05) is 6.07 Å². The molecule has 0 bridgehead atoms. The molecule has 0 fully saturated rings. The SMILES string of the molecule is CCOP(=O)(OCC)Sc1cc(CS(=O)C=Cc2c(OC)cc(OC)cc2OC)ccc1OC. The Balaban J connectivity index is 2.26. The van der Waals surface area contributed by atoms with Crippen LogP contribution in [0.5, 0.6) is 23.0 Å². The van der Waals surface area contributed by atoms with Crippen molar-refractivity contribution in [2.75, 3.05) is 41.7 Å². The molecular weight excluding hydrogens is 499 g/mol. The summed E-state index contributed by atoms with van der Waals surface area (Å²) in [5, 5.41) is 1.58. The van der Waals surface area contributed by atoms with E-state index in [4.69, 9.17) is 28.0 Å². The first kappa shape index (κ1) is 28.3. The highest BCUT2D eigenvalue weighted by Gasteiger charge is 2.27. The Morgan fingerprint density at radius 1 is 0.882 bits per heavy atom. The molecule has 0 N–H and O–H groups in total. The lowest BCUT2D eigenvalue weighted by molar-refractivity contribution is 0.237. The van der Waals surface area contributed by atoms with E-state index in [0.717, 1.165) is 16.9 Å². The molecule has 2 aromatic rings. The van der Waals surface area contributed by atoms with Crippen LogP contribution in [0.4, 0.5) is 0 Å². The summed E-state index contributed by atoms with van der Waals surface area (Å²) in [6.07, 6.45) is 1.70. The molecule has 0 heterocycles. The fourth-order valence-electron chi connectivity index (χ4n) is 2.96. The van der Waals surface area contributed by atoms with Gasteiger partial charge < -0.3 is 28.0 Å². The predicted molar refractivity (Wildman–Crippen MR) is 137 cm³/mol. The second-order valence-corrected chi connectivity index (χ2v) is 11.9. The highest BCUT2D eigenvalue weighted by molar-refractivity contribution is 8.55. The maximum Gasteiger partial charge on any atom is 0.393 e. The minimum atomic E-state index is -3.40. The maximum atomic E-state index is 13.0. The first-order valence-corrected chi connectivity index (χ1v) is 14.8. The highest BCUT2D eigenvalue weighted by atomic mass is 32.7. The van der Waals surface area contributed by atoms with Crippen LogP contribution in [0, 0.1) is 0 Å². The monoisotopic (exact) mass is 530 g/mol. The molecular formula is C23H31O8PS2. The quantitative estimate of drug-likeness (QED) is 0.276. The van der Waals surface area contributed by atoms with Crippen LogP contribution in [0.15, 0.2) is 40.6 Å². The van der Waals surface area contributed by atoms with Crippen molar-refractivity contribution in [1.82, 2.24) is 0 Å².